The Kier molecular flexibility index (Phi) is 2.97. The monoisotopic (exact) mass is 297 g/mol. The molecule has 2 heteroatoms. The molecule has 0 aromatic heterocycles. The van der Waals surface area contributed by atoms with E-state index in [1.54, 1.807) is 11.1 Å². The molecular weight excluding hydrogens is 270 g/mol. The topological polar surface area (TPSA) is 32.3 Å². The third-order valence-electron chi connectivity index (χ3n) is 7.16. The molecule has 2 unspecified atom stereocenters. The normalized spacial score (nSPS) is 42.4. The molecule has 1 aromatic carbocycles. The second-order valence-corrected chi connectivity index (χ2v) is 8.23. The number of rotatable bonds is 2. The molecule has 1 aromatic rings. The quantitative estimate of drug-likeness (QED) is 0.879. The van der Waals surface area contributed by atoms with Crippen LogP contribution >= 0.6 is 0 Å². The summed E-state index contributed by atoms with van der Waals surface area (Å²) in [7, 11) is 0. The molecule has 5 atom stereocenters. The molecule has 3 fully saturated rings. The van der Waals surface area contributed by atoms with Gasteiger partial charge in [0.15, 0.2) is 0 Å². The molecular formula is C20H27NO. The average Bonchev–Trinajstić information content (AvgIpc) is 3.23. The second-order valence-electron chi connectivity index (χ2n) is 8.23. The summed E-state index contributed by atoms with van der Waals surface area (Å²) in [4.78, 5) is 0. The summed E-state index contributed by atoms with van der Waals surface area (Å²) >= 11 is 0. The van der Waals surface area contributed by atoms with Crippen LogP contribution in [0.1, 0.15) is 55.2 Å². The molecule has 1 heterocycles. The molecule has 2 bridgehead atoms. The van der Waals surface area contributed by atoms with Gasteiger partial charge in [0.2, 0.25) is 0 Å². The Labute approximate surface area is 133 Å². The smallest absolute Gasteiger partial charge is 0.0576 e. The zero-order chi connectivity index (χ0) is 14.7. The van der Waals surface area contributed by atoms with Crippen molar-refractivity contribution in [3.8, 4) is 0 Å². The second kappa shape index (κ2) is 4.82. The summed E-state index contributed by atoms with van der Waals surface area (Å²) in [6.07, 6.45) is 10.3. The SMILES string of the molecule is OC1CC1Cc1cccc2c1C[C@H]1NCC[C@@]23CCCC[C@@H]13. The van der Waals surface area contributed by atoms with Gasteiger partial charge in [-0.3, -0.25) is 0 Å². The number of nitrogens with one attached hydrogen (secondary N) is 1. The number of piperidine rings is 1. The molecule has 5 rings (SSSR count). The lowest BCUT2D eigenvalue weighted by molar-refractivity contribution is 0.0794. The Bertz CT molecular complexity index is 593. The molecule has 1 saturated heterocycles. The molecule has 0 spiro atoms. The molecule has 0 amide bonds. The van der Waals surface area contributed by atoms with Gasteiger partial charge < -0.3 is 10.4 Å². The van der Waals surface area contributed by atoms with E-state index in [0.29, 0.717) is 17.4 Å². The van der Waals surface area contributed by atoms with Crippen LogP contribution in [0.4, 0.5) is 0 Å². The first-order valence-electron chi connectivity index (χ1n) is 9.31. The fourth-order valence-electron chi connectivity index (χ4n) is 5.96. The summed E-state index contributed by atoms with van der Waals surface area (Å²) in [5.41, 5.74) is 5.36. The van der Waals surface area contributed by atoms with Crippen LogP contribution in [-0.4, -0.2) is 23.8 Å². The van der Waals surface area contributed by atoms with Crippen molar-refractivity contribution in [2.75, 3.05) is 6.54 Å². The van der Waals surface area contributed by atoms with E-state index in [9.17, 15) is 5.11 Å². The van der Waals surface area contributed by atoms with Crippen molar-refractivity contribution in [2.45, 2.75) is 68.9 Å². The first-order chi connectivity index (χ1) is 10.8. The Morgan fingerprint density at radius 2 is 2.14 bits per heavy atom. The third-order valence-corrected chi connectivity index (χ3v) is 7.16. The fourth-order valence-corrected chi connectivity index (χ4v) is 5.96. The average molecular weight is 297 g/mol. The van der Waals surface area contributed by atoms with Gasteiger partial charge in [-0.1, -0.05) is 31.0 Å². The highest BCUT2D eigenvalue weighted by Crippen LogP contribution is 2.54. The van der Waals surface area contributed by atoms with Gasteiger partial charge in [0.25, 0.3) is 0 Å². The number of aliphatic hydroxyl groups is 1. The number of hydrogen-bond acceptors (Lipinski definition) is 2. The summed E-state index contributed by atoms with van der Waals surface area (Å²) in [5, 5.41) is 13.6. The lowest BCUT2D eigenvalue weighted by atomic mass is 9.52. The Morgan fingerprint density at radius 3 is 3.00 bits per heavy atom. The van der Waals surface area contributed by atoms with Crippen molar-refractivity contribution in [2.24, 2.45) is 11.8 Å². The highest BCUT2D eigenvalue weighted by molar-refractivity contribution is 5.46. The Balaban J connectivity index is 1.60. The number of fused-ring (bicyclic) bond motifs is 1. The minimum Gasteiger partial charge on any atom is -0.393 e. The van der Waals surface area contributed by atoms with Crippen LogP contribution in [0.25, 0.3) is 0 Å². The first kappa shape index (κ1) is 13.6. The minimum atomic E-state index is -0.0299. The van der Waals surface area contributed by atoms with Gasteiger partial charge in [0.1, 0.15) is 0 Å². The van der Waals surface area contributed by atoms with Crippen molar-refractivity contribution < 1.29 is 5.11 Å². The molecule has 2 N–H and O–H groups in total. The third kappa shape index (κ3) is 1.86. The lowest BCUT2D eigenvalue weighted by Gasteiger charge is -2.56. The van der Waals surface area contributed by atoms with E-state index in [-0.39, 0.29) is 6.10 Å². The maximum atomic E-state index is 9.73. The van der Waals surface area contributed by atoms with Crippen molar-refractivity contribution in [3.63, 3.8) is 0 Å². The molecule has 3 aliphatic carbocycles. The molecule has 1 aliphatic heterocycles. The first-order valence-corrected chi connectivity index (χ1v) is 9.31. The van der Waals surface area contributed by atoms with Gasteiger partial charge in [0.05, 0.1) is 6.10 Å². The molecule has 2 nitrogen and oxygen atoms in total. The van der Waals surface area contributed by atoms with E-state index in [2.05, 4.69) is 23.5 Å². The van der Waals surface area contributed by atoms with Crippen LogP contribution in [0, 0.1) is 11.8 Å². The molecule has 118 valence electrons. The van der Waals surface area contributed by atoms with Crippen LogP contribution in [0.15, 0.2) is 18.2 Å². The maximum Gasteiger partial charge on any atom is 0.0576 e. The van der Waals surface area contributed by atoms with Gasteiger partial charge in [-0.25, -0.2) is 0 Å². The highest BCUT2D eigenvalue weighted by Gasteiger charge is 2.51. The fraction of sp³-hybridized carbons (Fsp3) is 0.700. The predicted molar refractivity (Wildman–Crippen MR) is 88.0 cm³/mol. The summed E-state index contributed by atoms with van der Waals surface area (Å²) in [5.74, 6) is 1.39. The molecule has 22 heavy (non-hydrogen) atoms. The molecule has 0 radical (unpaired) electrons. The molecule has 2 saturated carbocycles. The van der Waals surface area contributed by atoms with Crippen molar-refractivity contribution >= 4 is 0 Å². The summed E-state index contributed by atoms with van der Waals surface area (Å²) in [6, 6.07) is 7.78. The number of benzene rings is 1. The Morgan fingerprint density at radius 1 is 1.23 bits per heavy atom. The zero-order valence-corrected chi connectivity index (χ0v) is 13.4. The van der Waals surface area contributed by atoms with Gasteiger partial charge in [-0.2, -0.15) is 0 Å². The van der Waals surface area contributed by atoms with Gasteiger partial charge in [-0.15, -0.1) is 0 Å². The van der Waals surface area contributed by atoms with E-state index in [1.165, 1.54) is 50.6 Å². The minimum absolute atomic E-state index is 0.0299. The van der Waals surface area contributed by atoms with Crippen molar-refractivity contribution in [1.29, 1.82) is 0 Å². The van der Waals surface area contributed by atoms with Crippen LogP contribution in [0.3, 0.4) is 0 Å². The van der Waals surface area contributed by atoms with Crippen LogP contribution in [0.2, 0.25) is 0 Å². The Hall–Kier alpha value is -0.860. The van der Waals surface area contributed by atoms with Crippen molar-refractivity contribution in [1.82, 2.24) is 5.32 Å². The van der Waals surface area contributed by atoms with E-state index in [0.717, 1.165) is 18.8 Å². The summed E-state index contributed by atoms with van der Waals surface area (Å²) in [6.45, 7) is 1.20. The highest BCUT2D eigenvalue weighted by atomic mass is 16.3. The maximum absolute atomic E-state index is 9.73. The van der Waals surface area contributed by atoms with E-state index in [4.69, 9.17) is 0 Å². The molecule has 4 aliphatic rings. The van der Waals surface area contributed by atoms with Crippen molar-refractivity contribution in [3.05, 3.63) is 34.9 Å². The van der Waals surface area contributed by atoms with Gasteiger partial charge in [-0.05, 0) is 73.6 Å². The lowest BCUT2D eigenvalue weighted by Crippen LogP contribution is -2.59. The van der Waals surface area contributed by atoms with Crippen LogP contribution < -0.4 is 5.32 Å². The zero-order valence-electron chi connectivity index (χ0n) is 13.4. The van der Waals surface area contributed by atoms with E-state index in [1.807, 2.05) is 0 Å². The largest absolute Gasteiger partial charge is 0.393 e. The van der Waals surface area contributed by atoms with Crippen LogP contribution in [0.5, 0.6) is 0 Å². The number of hydrogen-bond donors (Lipinski definition) is 2. The van der Waals surface area contributed by atoms with E-state index >= 15 is 0 Å². The van der Waals surface area contributed by atoms with Gasteiger partial charge in [0, 0.05) is 11.5 Å². The predicted octanol–water partition coefficient (Wildman–Crippen LogP) is 2.96. The summed E-state index contributed by atoms with van der Waals surface area (Å²) < 4.78 is 0. The number of aliphatic hydroxyl groups excluding tert-OH is 1. The van der Waals surface area contributed by atoms with E-state index < -0.39 is 0 Å². The van der Waals surface area contributed by atoms with Gasteiger partial charge >= 0.3 is 0 Å². The van der Waals surface area contributed by atoms with Crippen LogP contribution in [-0.2, 0) is 18.3 Å². The standard InChI is InChI=1S/C20H27NO/c22-19-11-14(19)10-13-4-3-6-16-15(13)12-18-17-5-1-2-7-20(16,17)8-9-21-18/h3-4,6,14,17-19,21-22H,1-2,5,7-12H2/t14?,17-,18+,19?,20-/m0/s1.